The summed E-state index contributed by atoms with van der Waals surface area (Å²) >= 11 is 1.24. The van der Waals surface area contributed by atoms with Gasteiger partial charge in [-0.2, -0.15) is 4.31 Å². The highest BCUT2D eigenvalue weighted by Gasteiger charge is 2.32. The van der Waals surface area contributed by atoms with Crippen LogP contribution in [0.2, 0.25) is 0 Å². The number of hydrogen-bond acceptors (Lipinski definition) is 5. The fraction of sp³-hybridized carbons (Fsp3) is 0.500. The van der Waals surface area contributed by atoms with Crippen LogP contribution in [0.4, 0.5) is 0 Å². The molecule has 4 rings (SSSR count). The monoisotopic (exact) mass is 447 g/mol. The lowest BCUT2D eigenvalue weighted by molar-refractivity contribution is -0.126. The molecular formula is C22H29N3O3S2. The minimum atomic E-state index is -3.42. The lowest BCUT2D eigenvalue weighted by atomic mass is 9.97. The summed E-state index contributed by atoms with van der Waals surface area (Å²) in [6.07, 6.45) is 3.68. The Morgan fingerprint density at radius 1 is 1.03 bits per heavy atom. The van der Waals surface area contributed by atoms with E-state index in [-0.39, 0.29) is 11.8 Å². The van der Waals surface area contributed by atoms with Crippen molar-refractivity contribution in [1.82, 2.24) is 14.5 Å². The molecule has 0 aliphatic carbocycles. The first-order chi connectivity index (χ1) is 14.5. The number of piperidine rings is 1. The molecule has 6 nitrogen and oxygen atoms in total. The Bertz CT molecular complexity index is 946. The summed E-state index contributed by atoms with van der Waals surface area (Å²) in [5.74, 6) is -0.110. The van der Waals surface area contributed by atoms with E-state index in [9.17, 15) is 13.2 Å². The molecule has 2 fully saturated rings. The molecule has 0 spiro atoms. The Labute approximate surface area is 182 Å². The number of hydrogen-bond donors (Lipinski definition) is 1. The van der Waals surface area contributed by atoms with Gasteiger partial charge in [0.05, 0.1) is 0 Å². The molecule has 1 aromatic carbocycles. The smallest absolute Gasteiger partial charge is 0.252 e. The molecule has 0 radical (unpaired) electrons. The Morgan fingerprint density at radius 2 is 1.77 bits per heavy atom. The highest BCUT2D eigenvalue weighted by Crippen LogP contribution is 2.26. The third kappa shape index (κ3) is 5.11. The van der Waals surface area contributed by atoms with Crippen LogP contribution < -0.4 is 5.32 Å². The van der Waals surface area contributed by atoms with Gasteiger partial charge in [-0.15, -0.1) is 11.3 Å². The maximum absolute atomic E-state index is 12.6. The zero-order valence-corrected chi connectivity index (χ0v) is 18.8. The van der Waals surface area contributed by atoms with Crippen molar-refractivity contribution < 1.29 is 13.2 Å². The standard InChI is InChI=1S/C22H29N3O3S2/c26-22(20-8-12-25(13-9-20)30(27,28)21-7-4-14-29-21)23-16-18-5-3-6-19(15-18)17-24-10-1-2-11-24/h3-7,14-15,20H,1-2,8-13,16-17H2,(H,23,26). The van der Waals surface area contributed by atoms with Crippen LogP contribution in [0.25, 0.3) is 0 Å². The Balaban J connectivity index is 1.26. The predicted octanol–water partition coefficient (Wildman–Crippen LogP) is 3.06. The zero-order valence-electron chi connectivity index (χ0n) is 17.1. The van der Waals surface area contributed by atoms with Crippen LogP contribution in [0.15, 0.2) is 46.0 Å². The van der Waals surface area contributed by atoms with Crippen LogP contribution in [0.1, 0.15) is 36.8 Å². The molecule has 2 aliphatic rings. The summed E-state index contributed by atoms with van der Waals surface area (Å²) in [5, 5.41) is 4.82. The van der Waals surface area contributed by atoms with Crippen LogP contribution in [0.5, 0.6) is 0 Å². The number of benzene rings is 1. The average Bonchev–Trinajstić information content (AvgIpc) is 3.47. The van der Waals surface area contributed by atoms with E-state index in [1.54, 1.807) is 17.5 Å². The molecule has 8 heteroatoms. The normalized spacial score (nSPS) is 19.2. The molecule has 1 amide bonds. The Kier molecular flexibility index (Phi) is 6.87. The number of rotatable bonds is 7. The molecule has 1 N–H and O–H groups in total. The number of likely N-dealkylation sites (tertiary alicyclic amines) is 1. The summed E-state index contributed by atoms with van der Waals surface area (Å²) in [7, 11) is -3.42. The second kappa shape index (κ2) is 9.60. The van der Waals surface area contributed by atoms with E-state index in [2.05, 4.69) is 28.4 Å². The van der Waals surface area contributed by atoms with Crippen LogP contribution in [0.3, 0.4) is 0 Å². The Morgan fingerprint density at radius 3 is 2.47 bits per heavy atom. The molecule has 162 valence electrons. The van der Waals surface area contributed by atoms with Gasteiger partial charge in [0.25, 0.3) is 10.0 Å². The van der Waals surface area contributed by atoms with Crippen molar-refractivity contribution in [1.29, 1.82) is 0 Å². The zero-order chi connectivity index (χ0) is 21.0. The third-order valence-corrected chi connectivity index (χ3v) is 9.25. The van der Waals surface area contributed by atoms with E-state index < -0.39 is 10.0 Å². The highest BCUT2D eigenvalue weighted by atomic mass is 32.2. The van der Waals surface area contributed by atoms with Gasteiger partial charge >= 0.3 is 0 Å². The largest absolute Gasteiger partial charge is 0.352 e. The van der Waals surface area contributed by atoms with E-state index >= 15 is 0 Å². The second-order valence-electron chi connectivity index (χ2n) is 8.13. The van der Waals surface area contributed by atoms with Crippen molar-refractivity contribution >= 4 is 27.3 Å². The van der Waals surface area contributed by atoms with Gasteiger partial charge in [0, 0.05) is 32.1 Å². The van der Waals surface area contributed by atoms with E-state index in [4.69, 9.17) is 0 Å². The lowest BCUT2D eigenvalue weighted by Gasteiger charge is -2.30. The molecule has 0 saturated carbocycles. The molecule has 30 heavy (non-hydrogen) atoms. The SMILES string of the molecule is O=C(NCc1cccc(CN2CCCC2)c1)C1CCN(S(=O)(=O)c2cccs2)CC1. The number of nitrogens with one attached hydrogen (secondary N) is 1. The summed E-state index contributed by atoms with van der Waals surface area (Å²) in [6, 6.07) is 11.8. The quantitative estimate of drug-likeness (QED) is 0.708. The number of amides is 1. The van der Waals surface area contributed by atoms with Crippen LogP contribution in [-0.4, -0.2) is 49.7 Å². The molecule has 0 bridgehead atoms. The summed E-state index contributed by atoms with van der Waals surface area (Å²) in [6.45, 7) is 4.61. The minimum Gasteiger partial charge on any atom is -0.352 e. The van der Waals surface area contributed by atoms with Crippen molar-refractivity contribution in [2.45, 2.75) is 43.0 Å². The summed E-state index contributed by atoms with van der Waals surface area (Å²) < 4.78 is 27.1. The van der Waals surface area contributed by atoms with Crippen molar-refractivity contribution in [2.24, 2.45) is 5.92 Å². The van der Waals surface area contributed by atoms with Crippen molar-refractivity contribution in [3.05, 3.63) is 52.9 Å². The molecule has 0 unspecified atom stereocenters. The van der Waals surface area contributed by atoms with Crippen LogP contribution in [-0.2, 0) is 27.9 Å². The van der Waals surface area contributed by atoms with E-state index in [1.807, 2.05) is 6.07 Å². The molecular weight excluding hydrogens is 418 g/mol. The molecule has 2 saturated heterocycles. The van der Waals surface area contributed by atoms with Crippen molar-refractivity contribution in [3.8, 4) is 0 Å². The second-order valence-corrected chi connectivity index (χ2v) is 11.2. The number of nitrogens with zero attached hydrogens (tertiary/aromatic N) is 2. The van der Waals surface area contributed by atoms with Crippen molar-refractivity contribution in [3.63, 3.8) is 0 Å². The van der Waals surface area contributed by atoms with Crippen LogP contribution in [0, 0.1) is 5.92 Å². The average molecular weight is 448 g/mol. The lowest BCUT2D eigenvalue weighted by Crippen LogP contribution is -2.42. The van der Waals surface area contributed by atoms with Crippen LogP contribution >= 0.6 is 11.3 Å². The molecule has 2 aliphatic heterocycles. The topological polar surface area (TPSA) is 69.7 Å². The van der Waals surface area contributed by atoms with E-state index in [0.717, 1.165) is 12.1 Å². The summed E-state index contributed by atoms with van der Waals surface area (Å²) in [4.78, 5) is 15.1. The molecule has 3 heterocycles. The number of thiophene rings is 1. The molecule has 2 aromatic rings. The molecule has 0 atom stereocenters. The fourth-order valence-corrected chi connectivity index (χ4v) is 6.88. The highest BCUT2D eigenvalue weighted by molar-refractivity contribution is 7.91. The first kappa shape index (κ1) is 21.5. The van der Waals surface area contributed by atoms with Gasteiger partial charge in [0.15, 0.2) is 0 Å². The van der Waals surface area contributed by atoms with Gasteiger partial charge in [0.1, 0.15) is 4.21 Å². The van der Waals surface area contributed by atoms with Gasteiger partial charge in [-0.05, 0) is 61.3 Å². The minimum absolute atomic E-state index is 0.0214. The predicted molar refractivity (Wildman–Crippen MR) is 119 cm³/mol. The maximum atomic E-state index is 12.6. The number of carbonyl (C=O) groups is 1. The van der Waals surface area contributed by atoms with E-state index in [1.165, 1.54) is 47.1 Å². The van der Waals surface area contributed by atoms with Gasteiger partial charge in [0.2, 0.25) is 5.91 Å². The third-order valence-electron chi connectivity index (χ3n) is 5.98. The maximum Gasteiger partial charge on any atom is 0.252 e. The Hall–Kier alpha value is -1.74. The van der Waals surface area contributed by atoms with Crippen molar-refractivity contribution in [2.75, 3.05) is 26.2 Å². The number of carbonyl (C=O) groups excluding carboxylic acids is 1. The van der Waals surface area contributed by atoms with Gasteiger partial charge in [-0.1, -0.05) is 30.3 Å². The molecule has 1 aromatic heterocycles. The van der Waals surface area contributed by atoms with E-state index in [0.29, 0.717) is 36.7 Å². The first-order valence-corrected chi connectivity index (χ1v) is 13.0. The van der Waals surface area contributed by atoms with Gasteiger partial charge in [-0.25, -0.2) is 8.42 Å². The summed E-state index contributed by atoms with van der Waals surface area (Å²) in [5.41, 5.74) is 2.40. The fourth-order valence-electron chi connectivity index (χ4n) is 4.27. The number of sulfonamides is 1. The van der Waals surface area contributed by atoms with Gasteiger partial charge in [-0.3, -0.25) is 9.69 Å². The van der Waals surface area contributed by atoms with Gasteiger partial charge < -0.3 is 5.32 Å². The first-order valence-electron chi connectivity index (χ1n) is 10.6.